The third-order valence-corrected chi connectivity index (χ3v) is 11.4. The van der Waals surface area contributed by atoms with Crippen molar-refractivity contribution in [3.8, 4) is 0 Å². The zero-order chi connectivity index (χ0) is 30.2. The van der Waals surface area contributed by atoms with E-state index in [1.807, 2.05) is 49.4 Å². The van der Waals surface area contributed by atoms with Crippen LogP contribution in [0.5, 0.6) is 0 Å². The monoisotopic (exact) mass is 608 g/mol. The van der Waals surface area contributed by atoms with Crippen LogP contribution in [-0.4, -0.2) is 63.6 Å². The molecule has 0 aromatic heterocycles. The summed E-state index contributed by atoms with van der Waals surface area (Å²) in [5, 5.41) is 11.0. The van der Waals surface area contributed by atoms with E-state index in [1.54, 1.807) is 39.8 Å². The van der Waals surface area contributed by atoms with E-state index in [4.69, 9.17) is 16.3 Å². The molecular formula is C33H37ClN2O5S. The molecule has 42 heavy (non-hydrogen) atoms. The maximum absolute atomic E-state index is 15.0. The Morgan fingerprint density at radius 2 is 1.95 bits per heavy atom. The number of carbonyl (C=O) groups is 3. The van der Waals surface area contributed by atoms with Crippen LogP contribution in [0, 0.1) is 24.7 Å². The number of benzene rings is 2. The van der Waals surface area contributed by atoms with E-state index < -0.39 is 34.6 Å². The molecule has 3 aliphatic rings. The molecule has 2 aromatic carbocycles. The van der Waals surface area contributed by atoms with Gasteiger partial charge in [-0.15, -0.1) is 24.9 Å². The molecule has 3 saturated heterocycles. The Kier molecular flexibility index (Phi) is 8.88. The maximum atomic E-state index is 15.0. The number of amides is 2. The Balaban J connectivity index is 1.67. The standard InChI is InChI=1S/C33H37ClN2O5S/c1-5-7-17-41-32(40)26-25-18-21(4)33(42-25)27(26)30(38)36(24(19-37)22-13-9-8-10-14-22)29(33)31(39)35(16-6-2)28-20(3)12-11-15-23(28)34/h5-6,8-15,21,24-27,29,37H,1-2,7,16-19H2,3-4H3/t21?,24-,25+,26-,27+,29?,33?/m1/s1. The van der Waals surface area contributed by atoms with Gasteiger partial charge >= 0.3 is 5.97 Å². The summed E-state index contributed by atoms with van der Waals surface area (Å²) in [7, 11) is 0. The third-order valence-electron chi connectivity index (χ3n) is 8.98. The molecule has 2 aromatic rings. The van der Waals surface area contributed by atoms with Crippen LogP contribution in [0.15, 0.2) is 73.8 Å². The second-order valence-electron chi connectivity index (χ2n) is 11.3. The van der Waals surface area contributed by atoms with Gasteiger partial charge in [0.05, 0.1) is 46.5 Å². The number of para-hydroxylation sites is 1. The molecular weight excluding hydrogens is 572 g/mol. The van der Waals surface area contributed by atoms with E-state index in [2.05, 4.69) is 20.1 Å². The summed E-state index contributed by atoms with van der Waals surface area (Å²) < 4.78 is 4.74. The first-order valence-corrected chi connectivity index (χ1v) is 15.6. The highest BCUT2D eigenvalue weighted by atomic mass is 35.5. The number of aliphatic hydroxyl groups is 1. The average Bonchev–Trinajstić information content (AvgIpc) is 3.57. The molecule has 3 aliphatic heterocycles. The fourth-order valence-corrected chi connectivity index (χ4v) is 9.96. The summed E-state index contributed by atoms with van der Waals surface area (Å²) in [5.41, 5.74) is 2.08. The topological polar surface area (TPSA) is 87.2 Å². The number of ether oxygens (including phenoxy) is 1. The molecule has 3 fully saturated rings. The number of hydrogen-bond donors (Lipinski definition) is 1. The smallest absolute Gasteiger partial charge is 0.310 e. The van der Waals surface area contributed by atoms with E-state index in [0.29, 0.717) is 29.1 Å². The number of thioether (sulfide) groups is 1. The lowest BCUT2D eigenvalue weighted by atomic mass is 9.66. The molecule has 1 spiro atoms. The highest BCUT2D eigenvalue weighted by Gasteiger charge is 2.77. The van der Waals surface area contributed by atoms with Crippen molar-refractivity contribution in [1.82, 2.24) is 4.90 Å². The minimum atomic E-state index is -0.959. The van der Waals surface area contributed by atoms with Crippen molar-refractivity contribution in [3.63, 3.8) is 0 Å². The van der Waals surface area contributed by atoms with Gasteiger partial charge in [-0.05, 0) is 42.9 Å². The third kappa shape index (κ3) is 4.77. The zero-order valence-electron chi connectivity index (χ0n) is 23.9. The lowest BCUT2D eigenvalue weighted by molar-refractivity contribution is -0.154. The molecule has 3 heterocycles. The van der Waals surface area contributed by atoms with Crippen LogP contribution >= 0.6 is 23.4 Å². The van der Waals surface area contributed by atoms with E-state index >= 15 is 4.79 Å². The maximum Gasteiger partial charge on any atom is 0.310 e. The van der Waals surface area contributed by atoms with Crippen molar-refractivity contribution < 1.29 is 24.2 Å². The molecule has 0 aliphatic carbocycles. The second kappa shape index (κ2) is 12.3. The van der Waals surface area contributed by atoms with Gasteiger partial charge in [-0.1, -0.05) is 73.1 Å². The van der Waals surface area contributed by atoms with Crippen LogP contribution in [-0.2, 0) is 19.1 Å². The minimum absolute atomic E-state index is 0.0503. The molecule has 222 valence electrons. The number of rotatable bonds is 11. The summed E-state index contributed by atoms with van der Waals surface area (Å²) in [6, 6.07) is 12.9. The van der Waals surface area contributed by atoms with Gasteiger partial charge in [-0.2, -0.15) is 0 Å². The van der Waals surface area contributed by atoms with E-state index in [1.165, 1.54) is 0 Å². The van der Waals surface area contributed by atoms with E-state index in [-0.39, 0.29) is 42.7 Å². The molecule has 1 N–H and O–H groups in total. The molecule has 0 saturated carbocycles. The second-order valence-corrected chi connectivity index (χ2v) is 13.3. The Morgan fingerprint density at radius 3 is 2.60 bits per heavy atom. The van der Waals surface area contributed by atoms with Gasteiger partial charge in [-0.25, -0.2) is 0 Å². The number of nitrogens with zero attached hydrogens (tertiary/aromatic N) is 2. The highest BCUT2D eigenvalue weighted by Crippen LogP contribution is 2.69. The van der Waals surface area contributed by atoms with Gasteiger partial charge in [0.15, 0.2) is 0 Å². The van der Waals surface area contributed by atoms with Crippen LogP contribution in [0.3, 0.4) is 0 Å². The van der Waals surface area contributed by atoms with Crippen molar-refractivity contribution in [2.45, 2.75) is 48.8 Å². The molecule has 3 unspecified atom stereocenters. The SMILES string of the molecule is C=CCCOC(=O)[C@@H]1[C@@H]2CC(C)C3(S2)C(C(=O)N(CC=C)c2c(C)cccc2Cl)N([C@H](CO)c2ccccc2)C(=O)[C@H]13. The summed E-state index contributed by atoms with van der Waals surface area (Å²) in [5.74, 6) is -2.54. The van der Waals surface area contributed by atoms with E-state index in [0.717, 1.165) is 5.56 Å². The predicted molar refractivity (Wildman–Crippen MR) is 166 cm³/mol. The fraction of sp³-hybridized carbons (Fsp3) is 0.424. The lowest BCUT2D eigenvalue weighted by Gasteiger charge is -2.42. The van der Waals surface area contributed by atoms with Gasteiger partial charge in [0.1, 0.15) is 6.04 Å². The van der Waals surface area contributed by atoms with Crippen molar-refractivity contribution >= 4 is 46.8 Å². The Labute approximate surface area is 256 Å². The van der Waals surface area contributed by atoms with Gasteiger partial charge in [-0.3, -0.25) is 14.4 Å². The van der Waals surface area contributed by atoms with Crippen LogP contribution < -0.4 is 4.90 Å². The summed E-state index contributed by atoms with van der Waals surface area (Å²) >= 11 is 8.25. The molecule has 2 bridgehead atoms. The Morgan fingerprint density at radius 1 is 1.21 bits per heavy atom. The summed E-state index contributed by atoms with van der Waals surface area (Å²) in [6.45, 7) is 11.5. The number of aryl methyl sites for hydroxylation is 1. The van der Waals surface area contributed by atoms with Crippen molar-refractivity contribution in [2.24, 2.45) is 17.8 Å². The first-order chi connectivity index (χ1) is 20.2. The van der Waals surface area contributed by atoms with Crippen molar-refractivity contribution in [3.05, 3.63) is 90.0 Å². The number of esters is 1. The van der Waals surface area contributed by atoms with Gasteiger partial charge < -0.3 is 19.6 Å². The van der Waals surface area contributed by atoms with Crippen molar-refractivity contribution in [1.29, 1.82) is 0 Å². The minimum Gasteiger partial charge on any atom is -0.465 e. The summed E-state index contributed by atoms with van der Waals surface area (Å²) in [6.07, 6.45) is 4.51. The number of aliphatic hydroxyl groups excluding tert-OH is 1. The van der Waals surface area contributed by atoms with Crippen molar-refractivity contribution in [2.75, 3.05) is 24.7 Å². The molecule has 7 nitrogen and oxygen atoms in total. The fourth-order valence-electron chi connectivity index (χ4n) is 7.24. The normalized spacial score (nSPS) is 28.3. The van der Waals surface area contributed by atoms with Crippen LogP contribution in [0.1, 0.15) is 36.9 Å². The molecule has 5 rings (SSSR count). The number of likely N-dealkylation sites (tertiary alicyclic amines) is 1. The quantitative estimate of drug-likeness (QED) is 0.210. The predicted octanol–water partition coefficient (Wildman–Crippen LogP) is 5.36. The first kappa shape index (κ1) is 30.4. The molecule has 9 heteroatoms. The lowest BCUT2D eigenvalue weighted by Crippen LogP contribution is -2.58. The summed E-state index contributed by atoms with van der Waals surface area (Å²) in [4.78, 5) is 46.4. The number of hydrogen-bond acceptors (Lipinski definition) is 6. The average molecular weight is 609 g/mol. The zero-order valence-corrected chi connectivity index (χ0v) is 25.5. The largest absolute Gasteiger partial charge is 0.465 e. The van der Waals surface area contributed by atoms with Crippen LogP contribution in [0.4, 0.5) is 5.69 Å². The van der Waals surface area contributed by atoms with Gasteiger partial charge in [0.2, 0.25) is 5.91 Å². The highest BCUT2D eigenvalue weighted by molar-refractivity contribution is 8.02. The van der Waals surface area contributed by atoms with Gasteiger partial charge in [0, 0.05) is 11.8 Å². The number of fused-ring (bicyclic) bond motifs is 1. The number of halogens is 1. The van der Waals surface area contributed by atoms with Crippen LogP contribution in [0.25, 0.3) is 0 Å². The molecule has 7 atom stereocenters. The van der Waals surface area contributed by atoms with E-state index in [9.17, 15) is 14.7 Å². The van der Waals surface area contributed by atoms with Crippen LogP contribution in [0.2, 0.25) is 5.02 Å². The Hall–Kier alpha value is -3.07. The van der Waals surface area contributed by atoms with Gasteiger partial charge in [0.25, 0.3) is 5.91 Å². The number of carbonyl (C=O) groups excluding carboxylic acids is 3. The first-order valence-electron chi connectivity index (χ1n) is 14.3. The molecule has 2 amide bonds. The molecule has 0 radical (unpaired) electrons. The Bertz CT molecular complexity index is 1370. The number of anilines is 1.